The van der Waals surface area contributed by atoms with Crippen molar-refractivity contribution in [2.24, 2.45) is 0 Å². The van der Waals surface area contributed by atoms with Gasteiger partial charge in [0.25, 0.3) is 0 Å². The van der Waals surface area contributed by atoms with Crippen LogP contribution in [-0.4, -0.2) is 26.4 Å². The molecule has 162 valence electrons. The van der Waals surface area contributed by atoms with Gasteiger partial charge in [-0.15, -0.1) is 0 Å². The van der Waals surface area contributed by atoms with Crippen LogP contribution in [0, 0.1) is 0 Å². The van der Waals surface area contributed by atoms with Crippen LogP contribution in [0.25, 0.3) is 33.0 Å². The van der Waals surface area contributed by atoms with Gasteiger partial charge in [-0.2, -0.15) is 0 Å². The van der Waals surface area contributed by atoms with E-state index in [2.05, 4.69) is 56.3 Å². The summed E-state index contributed by atoms with van der Waals surface area (Å²) in [6.07, 6.45) is 0. The minimum atomic E-state index is -0.276. The van der Waals surface area contributed by atoms with Crippen molar-refractivity contribution < 1.29 is 19.3 Å². The molecule has 0 atom stereocenters. The smallest absolute Gasteiger partial charge is 0.204 e. The number of rotatable bonds is 4. The second-order valence-electron chi connectivity index (χ2n) is 8.64. The van der Waals surface area contributed by atoms with Crippen LogP contribution in [0.1, 0.15) is 25.0 Å². The summed E-state index contributed by atoms with van der Waals surface area (Å²) in [5.74, 6) is 1.67. The maximum absolute atomic E-state index is 11.1. The zero-order valence-electron chi connectivity index (χ0n) is 18.9. The van der Waals surface area contributed by atoms with Crippen molar-refractivity contribution in [3.8, 4) is 45.3 Å². The molecular formula is C28H26O4. The Bertz CT molecular complexity index is 1350. The SMILES string of the molecule is COc1cc2c3c(cc(O)c2c(OC)c1OC)C(C)(C)c1cc(-c2ccccc2)ccc1-3. The third kappa shape index (κ3) is 2.69. The summed E-state index contributed by atoms with van der Waals surface area (Å²) in [5.41, 5.74) is 6.65. The number of methoxy groups -OCH3 is 3. The lowest BCUT2D eigenvalue weighted by molar-refractivity contribution is 0.326. The Labute approximate surface area is 188 Å². The quantitative estimate of drug-likeness (QED) is 0.402. The normalized spacial score (nSPS) is 13.5. The Morgan fingerprint density at radius 3 is 2.09 bits per heavy atom. The van der Waals surface area contributed by atoms with E-state index < -0.39 is 0 Å². The van der Waals surface area contributed by atoms with E-state index in [1.165, 1.54) is 16.7 Å². The first kappa shape index (κ1) is 20.3. The number of hydrogen-bond acceptors (Lipinski definition) is 4. The summed E-state index contributed by atoms with van der Waals surface area (Å²) in [4.78, 5) is 0. The van der Waals surface area contributed by atoms with Crippen LogP contribution in [0.2, 0.25) is 0 Å². The molecule has 4 nitrogen and oxygen atoms in total. The zero-order valence-corrected chi connectivity index (χ0v) is 18.9. The Morgan fingerprint density at radius 1 is 0.719 bits per heavy atom. The topological polar surface area (TPSA) is 47.9 Å². The lowest BCUT2D eigenvalue weighted by Crippen LogP contribution is -2.15. The molecule has 5 rings (SSSR count). The number of aromatic hydroxyl groups is 1. The molecule has 0 heterocycles. The van der Waals surface area contributed by atoms with Crippen LogP contribution in [0.5, 0.6) is 23.0 Å². The number of phenolic OH excluding ortho intramolecular Hbond substituents is 1. The maximum Gasteiger partial charge on any atom is 0.204 e. The Hall–Kier alpha value is -3.66. The molecule has 1 N–H and O–H groups in total. The predicted molar refractivity (Wildman–Crippen MR) is 128 cm³/mol. The van der Waals surface area contributed by atoms with Crippen molar-refractivity contribution in [3.05, 3.63) is 71.8 Å². The number of phenols is 1. The third-order valence-corrected chi connectivity index (χ3v) is 6.65. The highest BCUT2D eigenvalue weighted by atomic mass is 16.5. The predicted octanol–water partition coefficient (Wildman–Crippen LogP) is 6.54. The Kier molecular flexibility index (Phi) is 4.55. The molecule has 4 aromatic rings. The summed E-state index contributed by atoms with van der Waals surface area (Å²) in [5, 5.41) is 12.6. The van der Waals surface area contributed by atoms with Gasteiger partial charge < -0.3 is 19.3 Å². The van der Waals surface area contributed by atoms with E-state index in [1.807, 2.05) is 18.2 Å². The van der Waals surface area contributed by atoms with Crippen molar-refractivity contribution in [1.82, 2.24) is 0 Å². The molecule has 0 aromatic heterocycles. The number of benzene rings is 4. The van der Waals surface area contributed by atoms with Gasteiger partial charge in [0.05, 0.1) is 26.7 Å². The fourth-order valence-electron chi connectivity index (χ4n) is 5.05. The molecule has 0 spiro atoms. The van der Waals surface area contributed by atoms with E-state index in [-0.39, 0.29) is 11.2 Å². The van der Waals surface area contributed by atoms with Crippen LogP contribution >= 0.6 is 0 Å². The average Bonchev–Trinajstić information content (AvgIpc) is 3.04. The number of hydrogen-bond donors (Lipinski definition) is 1. The third-order valence-electron chi connectivity index (χ3n) is 6.65. The maximum atomic E-state index is 11.1. The van der Waals surface area contributed by atoms with Crippen molar-refractivity contribution in [1.29, 1.82) is 0 Å². The molecule has 1 aliphatic carbocycles. The van der Waals surface area contributed by atoms with E-state index in [0.717, 1.165) is 22.1 Å². The first-order valence-corrected chi connectivity index (χ1v) is 10.6. The Balaban J connectivity index is 1.86. The molecule has 0 saturated carbocycles. The minimum absolute atomic E-state index is 0.167. The van der Waals surface area contributed by atoms with E-state index >= 15 is 0 Å². The van der Waals surface area contributed by atoms with Gasteiger partial charge in [-0.05, 0) is 51.6 Å². The second-order valence-corrected chi connectivity index (χ2v) is 8.64. The van der Waals surface area contributed by atoms with Crippen LogP contribution < -0.4 is 14.2 Å². The molecular weight excluding hydrogens is 400 g/mol. The zero-order chi connectivity index (χ0) is 22.6. The molecule has 0 fully saturated rings. The fraction of sp³-hybridized carbons (Fsp3) is 0.214. The number of ether oxygens (including phenoxy) is 3. The molecule has 1 aliphatic rings. The van der Waals surface area contributed by atoms with Gasteiger partial charge in [0.2, 0.25) is 5.75 Å². The lowest BCUT2D eigenvalue weighted by Gasteiger charge is -2.23. The van der Waals surface area contributed by atoms with Gasteiger partial charge in [-0.3, -0.25) is 0 Å². The molecule has 4 heteroatoms. The first-order chi connectivity index (χ1) is 15.4. The Morgan fingerprint density at radius 2 is 1.44 bits per heavy atom. The lowest BCUT2D eigenvalue weighted by atomic mass is 9.81. The van der Waals surface area contributed by atoms with Crippen molar-refractivity contribution in [2.75, 3.05) is 21.3 Å². The van der Waals surface area contributed by atoms with Crippen LogP contribution in [-0.2, 0) is 5.41 Å². The largest absolute Gasteiger partial charge is 0.507 e. The van der Waals surface area contributed by atoms with E-state index in [9.17, 15) is 5.11 Å². The second kappa shape index (κ2) is 7.20. The summed E-state index contributed by atoms with van der Waals surface area (Å²) in [6.45, 7) is 4.41. The van der Waals surface area contributed by atoms with Crippen molar-refractivity contribution in [3.63, 3.8) is 0 Å². The minimum Gasteiger partial charge on any atom is -0.507 e. The van der Waals surface area contributed by atoms with Crippen molar-refractivity contribution >= 4 is 10.8 Å². The molecule has 0 amide bonds. The summed E-state index contributed by atoms with van der Waals surface area (Å²) < 4.78 is 16.9. The van der Waals surface area contributed by atoms with Gasteiger partial charge in [0.1, 0.15) is 5.75 Å². The van der Waals surface area contributed by atoms with Gasteiger partial charge in [0.15, 0.2) is 11.5 Å². The number of fused-ring (bicyclic) bond motifs is 5. The van der Waals surface area contributed by atoms with Crippen LogP contribution in [0.4, 0.5) is 0 Å². The highest BCUT2D eigenvalue weighted by Crippen LogP contribution is 2.57. The van der Waals surface area contributed by atoms with Gasteiger partial charge in [-0.1, -0.05) is 56.3 Å². The molecule has 0 bridgehead atoms. The standard InChI is InChI=1S/C28H26O4/c1-28(2)20-13-17(16-9-7-6-8-10-16)11-12-18(20)24-19-14-23(30-3)26(31-4)27(32-5)25(19)22(29)15-21(24)28/h6-15,29H,1-5H3. The fourth-order valence-corrected chi connectivity index (χ4v) is 5.05. The molecule has 0 saturated heterocycles. The molecule has 0 aliphatic heterocycles. The molecule has 4 aromatic carbocycles. The van der Waals surface area contributed by atoms with E-state index in [1.54, 1.807) is 21.3 Å². The summed E-state index contributed by atoms with van der Waals surface area (Å²) in [6, 6.07) is 20.8. The summed E-state index contributed by atoms with van der Waals surface area (Å²) >= 11 is 0. The first-order valence-electron chi connectivity index (χ1n) is 10.6. The van der Waals surface area contributed by atoms with Gasteiger partial charge in [-0.25, -0.2) is 0 Å². The molecule has 0 radical (unpaired) electrons. The average molecular weight is 427 g/mol. The van der Waals surface area contributed by atoms with Gasteiger partial charge in [0, 0.05) is 10.8 Å². The van der Waals surface area contributed by atoms with Crippen LogP contribution in [0.3, 0.4) is 0 Å². The highest BCUT2D eigenvalue weighted by Gasteiger charge is 2.38. The van der Waals surface area contributed by atoms with E-state index in [0.29, 0.717) is 22.6 Å². The van der Waals surface area contributed by atoms with Crippen molar-refractivity contribution in [2.45, 2.75) is 19.3 Å². The van der Waals surface area contributed by atoms with Gasteiger partial charge >= 0.3 is 0 Å². The monoisotopic (exact) mass is 426 g/mol. The van der Waals surface area contributed by atoms with E-state index in [4.69, 9.17) is 14.2 Å². The molecule has 0 unspecified atom stereocenters. The van der Waals surface area contributed by atoms with Crippen LogP contribution in [0.15, 0.2) is 60.7 Å². The molecule has 32 heavy (non-hydrogen) atoms. The summed E-state index contributed by atoms with van der Waals surface area (Å²) in [7, 11) is 4.75. The highest BCUT2D eigenvalue weighted by molar-refractivity contribution is 6.09.